The molecule has 0 aromatic carbocycles. The van der Waals surface area contributed by atoms with Gasteiger partial charge in [-0.2, -0.15) is 5.26 Å². The van der Waals surface area contributed by atoms with Crippen molar-refractivity contribution in [3.8, 4) is 6.07 Å². The van der Waals surface area contributed by atoms with Gasteiger partial charge >= 0.3 is 0 Å². The van der Waals surface area contributed by atoms with Crippen molar-refractivity contribution < 1.29 is 4.79 Å². The monoisotopic (exact) mass is 240 g/mol. The number of carbonyl (C=O) groups excluding carboxylic acids is 1. The number of nitriles is 1. The zero-order chi connectivity index (χ0) is 12.9. The van der Waals surface area contributed by atoms with Crippen molar-refractivity contribution in [1.82, 2.24) is 15.5 Å². The van der Waals surface area contributed by atoms with E-state index in [0.717, 1.165) is 32.6 Å². The third kappa shape index (κ3) is 9.79. The fraction of sp³-hybridized carbons (Fsp3) is 0.833. The number of carbonyl (C=O) groups is 1. The van der Waals surface area contributed by atoms with Crippen LogP contribution in [0, 0.1) is 11.3 Å². The fourth-order valence-electron chi connectivity index (χ4n) is 1.50. The van der Waals surface area contributed by atoms with Gasteiger partial charge < -0.3 is 15.5 Å². The Kier molecular flexibility index (Phi) is 10.6. The van der Waals surface area contributed by atoms with Crippen molar-refractivity contribution in [3.05, 3.63) is 0 Å². The molecule has 0 spiro atoms. The molecule has 0 aromatic rings. The Morgan fingerprint density at radius 3 is 2.65 bits per heavy atom. The molecule has 5 heteroatoms. The number of nitrogens with zero attached hydrogens (tertiary/aromatic N) is 2. The van der Waals surface area contributed by atoms with E-state index >= 15 is 0 Å². The molecule has 0 aliphatic carbocycles. The van der Waals surface area contributed by atoms with Crippen LogP contribution in [0.2, 0.25) is 0 Å². The highest BCUT2D eigenvalue weighted by atomic mass is 16.1. The molecule has 0 aliphatic heterocycles. The van der Waals surface area contributed by atoms with E-state index in [-0.39, 0.29) is 5.91 Å². The summed E-state index contributed by atoms with van der Waals surface area (Å²) in [5.74, 6) is -0.0428. The van der Waals surface area contributed by atoms with Gasteiger partial charge in [0.25, 0.3) is 0 Å². The first-order chi connectivity index (χ1) is 8.24. The van der Waals surface area contributed by atoms with Crippen LogP contribution in [-0.2, 0) is 4.79 Å². The number of hydrogen-bond acceptors (Lipinski definition) is 4. The van der Waals surface area contributed by atoms with Crippen molar-refractivity contribution in [1.29, 1.82) is 5.26 Å². The molecule has 2 N–H and O–H groups in total. The van der Waals surface area contributed by atoms with Gasteiger partial charge in [-0.1, -0.05) is 13.8 Å². The number of likely N-dealkylation sites (N-methyl/N-ethyl adjacent to an activating group) is 1. The van der Waals surface area contributed by atoms with E-state index in [2.05, 4.69) is 29.4 Å². The largest absolute Gasteiger partial charge is 0.354 e. The summed E-state index contributed by atoms with van der Waals surface area (Å²) < 4.78 is 0. The lowest BCUT2D eigenvalue weighted by atomic mass is 10.4. The van der Waals surface area contributed by atoms with Crippen LogP contribution in [0.25, 0.3) is 0 Å². The molecule has 0 saturated carbocycles. The highest BCUT2D eigenvalue weighted by Crippen LogP contribution is 1.88. The Labute approximate surface area is 104 Å². The van der Waals surface area contributed by atoms with Gasteiger partial charge in [0, 0.05) is 19.6 Å². The number of rotatable bonds is 10. The maximum absolute atomic E-state index is 11.3. The molecule has 17 heavy (non-hydrogen) atoms. The normalized spacial score (nSPS) is 10.2. The summed E-state index contributed by atoms with van der Waals surface area (Å²) >= 11 is 0. The van der Waals surface area contributed by atoms with E-state index in [0.29, 0.717) is 19.5 Å². The van der Waals surface area contributed by atoms with Crippen LogP contribution < -0.4 is 10.6 Å². The minimum absolute atomic E-state index is 0.0428. The second-order valence-electron chi connectivity index (χ2n) is 3.87. The summed E-state index contributed by atoms with van der Waals surface area (Å²) in [6, 6.07) is 1.99. The molecule has 0 saturated heterocycles. The third-order valence-corrected chi connectivity index (χ3v) is 2.44. The van der Waals surface area contributed by atoms with Gasteiger partial charge in [-0.25, -0.2) is 0 Å². The molecule has 98 valence electrons. The quantitative estimate of drug-likeness (QED) is 0.540. The summed E-state index contributed by atoms with van der Waals surface area (Å²) in [7, 11) is 0. The van der Waals surface area contributed by atoms with E-state index in [4.69, 9.17) is 5.26 Å². The molecule has 0 heterocycles. The molecule has 5 nitrogen and oxygen atoms in total. The Morgan fingerprint density at radius 2 is 2.06 bits per heavy atom. The van der Waals surface area contributed by atoms with Crippen LogP contribution >= 0.6 is 0 Å². The summed E-state index contributed by atoms with van der Waals surface area (Å²) in [6.07, 6.45) is 1.52. The minimum atomic E-state index is -0.0428. The van der Waals surface area contributed by atoms with Crippen LogP contribution in [-0.4, -0.2) is 50.1 Å². The first-order valence-corrected chi connectivity index (χ1v) is 6.31. The van der Waals surface area contributed by atoms with Crippen LogP contribution in [0.5, 0.6) is 0 Å². The van der Waals surface area contributed by atoms with Crippen molar-refractivity contribution in [2.24, 2.45) is 0 Å². The topological polar surface area (TPSA) is 68.2 Å². The smallest absolute Gasteiger partial charge is 0.233 e. The van der Waals surface area contributed by atoms with Gasteiger partial charge in [-0.15, -0.1) is 0 Å². The molecule has 0 radical (unpaired) electrons. The first kappa shape index (κ1) is 15.9. The predicted molar refractivity (Wildman–Crippen MR) is 68.5 cm³/mol. The molecule has 0 unspecified atom stereocenters. The van der Waals surface area contributed by atoms with Gasteiger partial charge in [0.15, 0.2) is 0 Å². The van der Waals surface area contributed by atoms with Gasteiger partial charge in [0.1, 0.15) is 0 Å². The molecular weight excluding hydrogens is 216 g/mol. The zero-order valence-electron chi connectivity index (χ0n) is 11.0. The van der Waals surface area contributed by atoms with Gasteiger partial charge in [-0.05, 0) is 19.5 Å². The lowest BCUT2D eigenvalue weighted by Gasteiger charge is -2.19. The highest BCUT2D eigenvalue weighted by molar-refractivity contribution is 5.77. The van der Waals surface area contributed by atoms with E-state index < -0.39 is 0 Å². The second kappa shape index (κ2) is 11.4. The highest BCUT2D eigenvalue weighted by Gasteiger charge is 2.02. The Hall–Kier alpha value is -1.12. The maximum Gasteiger partial charge on any atom is 0.233 e. The molecule has 0 rings (SSSR count). The van der Waals surface area contributed by atoms with Gasteiger partial charge in [0.2, 0.25) is 5.91 Å². The lowest BCUT2D eigenvalue weighted by molar-refractivity contribution is -0.120. The Morgan fingerprint density at radius 1 is 1.29 bits per heavy atom. The van der Waals surface area contributed by atoms with Crippen LogP contribution in [0.4, 0.5) is 0 Å². The predicted octanol–water partition coefficient (Wildman–Crippen LogP) is 0.338. The fourth-order valence-corrected chi connectivity index (χ4v) is 1.50. The average Bonchev–Trinajstić information content (AvgIpc) is 2.33. The van der Waals surface area contributed by atoms with Crippen LogP contribution in [0.3, 0.4) is 0 Å². The Balaban J connectivity index is 3.43. The molecule has 1 amide bonds. The average molecular weight is 240 g/mol. The third-order valence-electron chi connectivity index (χ3n) is 2.44. The molecule has 0 fully saturated rings. The SMILES string of the molecule is CCCN(CC)CCNCC(=O)NCCC#N. The summed E-state index contributed by atoms with van der Waals surface area (Å²) in [5.41, 5.74) is 0. The standard InChI is InChI=1S/C12H24N4O/c1-3-9-16(4-2)10-8-14-11-12(17)15-7-5-6-13/h14H,3-5,7-11H2,1-2H3,(H,15,17). The zero-order valence-corrected chi connectivity index (χ0v) is 11.0. The van der Waals surface area contributed by atoms with E-state index in [9.17, 15) is 4.79 Å². The van der Waals surface area contributed by atoms with Crippen LogP contribution in [0.1, 0.15) is 26.7 Å². The summed E-state index contributed by atoms with van der Waals surface area (Å²) in [4.78, 5) is 13.6. The first-order valence-electron chi connectivity index (χ1n) is 6.31. The number of hydrogen-bond donors (Lipinski definition) is 2. The van der Waals surface area contributed by atoms with Gasteiger partial charge in [0.05, 0.1) is 19.0 Å². The molecule has 0 aliphatic rings. The van der Waals surface area contributed by atoms with E-state index in [1.807, 2.05) is 6.07 Å². The van der Waals surface area contributed by atoms with Crippen molar-refractivity contribution >= 4 is 5.91 Å². The van der Waals surface area contributed by atoms with Gasteiger partial charge in [-0.3, -0.25) is 4.79 Å². The molecule has 0 atom stereocenters. The molecule has 0 aromatic heterocycles. The lowest BCUT2D eigenvalue weighted by Crippen LogP contribution is -2.38. The molecule has 0 bridgehead atoms. The maximum atomic E-state index is 11.3. The van der Waals surface area contributed by atoms with Crippen molar-refractivity contribution in [3.63, 3.8) is 0 Å². The number of amides is 1. The van der Waals surface area contributed by atoms with Crippen LogP contribution in [0.15, 0.2) is 0 Å². The summed E-state index contributed by atoms with van der Waals surface area (Å²) in [5, 5.41) is 14.1. The summed E-state index contributed by atoms with van der Waals surface area (Å²) in [6.45, 7) is 9.01. The Bertz CT molecular complexity index is 237. The van der Waals surface area contributed by atoms with Crippen molar-refractivity contribution in [2.75, 3.05) is 39.3 Å². The van der Waals surface area contributed by atoms with E-state index in [1.165, 1.54) is 0 Å². The van der Waals surface area contributed by atoms with Crippen molar-refractivity contribution in [2.45, 2.75) is 26.7 Å². The molecular formula is C12H24N4O. The second-order valence-corrected chi connectivity index (χ2v) is 3.87. The minimum Gasteiger partial charge on any atom is -0.354 e. The number of nitrogens with one attached hydrogen (secondary N) is 2. The van der Waals surface area contributed by atoms with E-state index in [1.54, 1.807) is 0 Å².